The number of nitrogens with one attached hydrogen (secondary N) is 1. The molecule has 3 nitrogen and oxygen atoms in total. The lowest BCUT2D eigenvalue weighted by Crippen LogP contribution is -2.14. The molecule has 1 atom stereocenters. The normalized spacial score (nSPS) is 12.0. The van der Waals surface area contributed by atoms with Crippen LogP contribution in [0, 0.1) is 6.92 Å². The highest BCUT2D eigenvalue weighted by molar-refractivity contribution is 5.39. The summed E-state index contributed by atoms with van der Waals surface area (Å²) in [7, 11) is 3.63. The Morgan fingerprint density at radius 1 is 1.10 bits per heavy atom. The summed E-state index contributed by atoms with van der Waals surface area (Å²) in [6.07, 6.45) is 0. The first-order chi connectivity index (χ1) is 10.1. The van der Waals surface area contributed by atoms with E-state index in [0.29, 0.717) is 6.61 Å². The van der Waals surface area contributed by atoms with Gasteiger partial charge in [0, 0.05) is 11.6 Å². The van der Waals surface area contributed by atoms with E-state index < -0.39 is 0 Å². The maximum atomic E-state index is 5.99. The molecule has 0 aliphatic heterocycles. The number of methoxy groups -OCH3 is 1. The van der Waals surface area contributed by atoms with E-state index in [0.717, 1.165) is 17.1 Å². The Morgan fingerprint density at radius 3 is 2.43 bits per heavy atom. The average molecular weight is 285 g/mol. The molecular formula is C18H23NO2. The van der Waals surface area contributed by atoms with Gasteiger partial charge in [-0.15, -0.1) is 0 Å². The van der Waals surface area contributed by atoms with Gasteiger partial charge in [-0.25, -0.2) is 0 Å². The number of hydrogen-bond acceptors (Lipinski definition) is 3. The fraction of sp³-hybridized carbons (Fsp3) is 0.333. The van der Waals surface area contributed by atoms with E-state index in [1.807, 2.05) is 37.4 Å². The first kappa shape index (κ1) is 15.4. The second-order valence-corrected chi connectivity index (χ2v) is 5.19. The maximum Gasteiger partial charge on any atom is 0.124 e. The number of benzene rings is 2. The first-order valence-corrected chi connectivity index (χ1v) is 7.17. The molecule has 2 aromatic carbocycles. The molecule has 0 spiro atoms. The van der Waals surface area contributed by atoms with Crippen molar-refractivity contribution in [2.45, 2.75) is 26.5 Å². The van der Waals surface area contributed by atoms with Crippen LogP contribution in [0.2, 0.25) is 0 Å². The van der Waals surface area contributed by atoms with Gasteiger partial charge < -0.3 is 14.8 Å². The Labute approximate surface area is 126 Å². The van der Waals surface area contributed by atoms with Gasteiger partial charge in [0.1, 0.15) is 18.1 Å². The van der Waals surface area contributed by atoms with Crippen LogP contribution in [0.3, 0.4) is 0 Å². The van der Waals surface area contributed by atoms with Crippen LogP contribution in [0.1, 0.15) is 29.7 Å². The van der Waals surface area contributed by atoms with Gasteiger partial charge in [0.05, 0.1) is 7.11 Å². The largest absolute Gasteiger partial charge is 0.497 e. The molecule has 112 valence electrons. The minimum Gasteiger partial charge on any atom is -0.497 e. The molecule has 2 rings (SSSR count). The summed E-state index contributed by atoms with van der Waals surface area (Å²) in [4.78, 5) is 0. The lowest BCUT2D eigenvalue weighted by atomic mass is 10.0. The highest BCUT2D eigenvalue weighted by atomic mass is 16.5. The number of rotatable bonds is 6. The zero-order valence-electron chi connectivity index (χ0n) is 13.1. The van der Waals surface area contributed by atoms with Crippen molar-refractivity contribution in [3.63, 3.8) is 0 Å². The summed E-state index contributed by atoms with van der Waals surface area (Å²) in [6.45, 7) is 4.78. The Kier molecular flexibility index (Phi) is 5.23. The Bertz CT molecular complexity index is 578. The summed E-state index contributed by atoms with van der Waals surface area (Å²) in [5, 5.41) is 3.27. The quantitative estimate of drug-likeness (QED) is 0.874. The second kappa shape index (κ2) is 7.14. The van der Waals surface area contributed by atoms with Crippen LogP contribution in [0.5, 0.6) is 11.5 Å². The van der Waals surface area contributed by atoms with Crippen molar-refractivity contribution >= 4 is 0 Å². The summed E-state index contributed by atoms with van der Waals surface area (Å²) in [6, 6.07) is 14.5. The van der Waals surface area contributed by atoms with E-state index in [9.17, 15) is 0 Å². The second-order valence-electron chi connectivity index (χ2n) is 5.19. The van der Waals surface area contributed by atoms with Crippen molar-refractivity contribution in [1.82, 2.24) is 5.32 Å². The molecule has 0 heterocycles. The van der Waals surface area contributed by atoms with Crippen LogP contribution in [-0.4, -0.2) is 14.2 Å². The highest BCUT2D eigenvalue weighted by Gasteiger charge is 2.10. The number of ether oxygens (including phenoxy) is 2. The van der Waals surface area contributed by atoms with Gasteiger partial charge in [-0.3, -0.25) is 0 Å². The Morgan fingerprint density at radius 2 is 1.81 bits per heavy atom. The zero-order valence-corrected chi connectivity index (χ0v) is 13.1. The molecule has 0 amide bonds. The van der Waals surface area contributed by atoms with Gasteiger partial charge in [-0.1, -0.05) is 29.8 Å². The number of hydrogen-bond donors (Lipinski definition) is 1. The SMILES string of the molecule is CNC(C)c1cc(C)ccc1OCc1ccc(OC)cc1. The van der Waals surface area contributed by atoms with Crippen molar-refractivity contribution in [3.8, 4) is 11.5 Å². The third-order valence-corrected chi connectivity index (χ3v) is 3.62. The Balaban J connectivity index is 2.11. The van der Waals surface area contributed by atoms with E-state index in [1.165, 1.54) is 11.1 Å². The summed E-state index contributed by atoms with van der Waals surface area (Å²) >= 11 is 0. The van der Waals surface area contributed by atoms with Crippen LogP contribution < -0.4 is 14.8 Å². The predicted molar refractivity (Wildman–Crippen MR) is 86.0 cm³/mol. The molecule has 0 saturated carbocycles. The van der Waals surface area contributed by atoms with E-state index >= 15 is 0 Å². The maximum absolute atomic E-state index is 5.99. The van der Waals surface area contributed by atoms with Gasteiger partial charge in [0.25, 0.3) is 0 Å². The molecule has 1 unspecified atom stereocenters. The van der Waals surface area contributed by atoms with Crippen molar-refractivity contribution in [3.05, 3.63) is 59.2 Å². The summed E-state index contributed by atoms with van der Waals surface area (Å²) < 4.78 is 11.2. The molecule has 21 heavy (non-hydrogen) atoms. The molecule has 0 aliphatic rings. The molecule has 0 radical (unpaired) electrons. The predicted octanol–water partition coefficient (Wildman–Crippen LogP) is 3.86. The molecule has 0 bridgehead atoms. The lowest BCUT2D eigenvalue weighted by molar-refractivity contribution is 0.300. The molecule has 1 N–H and O–H groups in total. The lowest BCUT2D eigenvalue weighted by Gasteiger charge is -2.17. The van der Waals surface area contributed by atoms with Gasteiger partial charge in [0.15, 0.2) is 0 Å². The number of aryl methyl sites for hydroxylation is 1. The van der Waals surface area contributed by atoms with Gasteiger partial charge in [0.2, 0.25) is 0 Å². The summed E-state index contributed by atoms with van der Waals surface area (Å²) in [5.74, 6) is 1.79. The smallest absolute Gasteiger partial charge is 0.124 e. The zero-order chi connectivity index (χ0) is 15.2. The van der Waals surface area contributed by atoms with Crippen LogP contribution in [0.4, 0.5) is 0 Å². The standard InChI is InChI=1S/C18H23NO2/c1-13-5-10-18(17(11-13)14(2)19-3)21-12-15-6-8-16(20-4)9-7-15/h5-11,14,19H,12H2,1-4H3. The topological polar surface area (TPSA) is 30.5 Å². The average Bonchev–Trinajstić information content (AvgIpc) is 2.53. The molecule has 0 saturated heterocycles. The molecule has 2 aromatic rings. The van der Waals surface area contributed by atoms with Crippen molar-refractivity contribution in [2.75, 3.05) is 14.2 Å². The van der Waals surface area contributed by atoms with Crippen molar-refractivity contribution in [2.24, 2.45) is 0 Å². The third kappa shape index (κ3) is 3.99. The van der Waals surface area contributed by atoms with Crippen LogP contribution in [0.25, 0.3) is 0 Å². The monoisotopic (exact) mass is 285 g/mol. The molecule has 0 aliphatic carbocycles. The van der Waals surface area contributed by atoms with Gasteiger partial charge in [-0.05, 0) is 44.7 Å². The van der Waals surface area contributed by atoms with Gasteiger partial charge >= 0.3 is 0 Å². The fourth-order valence-electron chi connectivity index (χ4n) is 2.18. The van der Waals surface area contributed by atoms with Crippen LogP contribution >= 0.6 is 0 Å². The van der Waals surface area contributed by atoms with E-state index in [2.05, 4.69) is 31.3 Å². The summed E-state index contributed by atoms with van der Waals surface area (Å²) in [5.41, 5.74) is 3.55. The minimum atomic E-state index is 0.260. The fourth-order valence-corrected chi connectivity index (χ4v) is 2.18. The first-order valence-electron chi connectivity index (χ1n) is 7.17. The van der Waals surface area contributed by atoms with E-state index in [-0.39, 0.29) is 6.04 Å². The van der Waals surface area contributed by atoms with Gasteiger partial charge in [-0.2, -0.15) is 0 Å². The van der Waals surface area contributed by atoms with Crippen molar-refractivity contribution < 1.29 is 9.47 Å². The minimum absolute atomic E-state index is 0.260. The molecule has 0 aromatic heterocycles. The van der Waals surface area contributed by atoms with Crippen LogP contribution in [-0.2, 0) is 6.61 Å². The van der Waals surface area contributed by atoms with E-state index in [4.69, 9.17) is 9.47 Å². The van der Waals surface area contributed by atoms with Crippen LogP contribution in [0.15, 0.2) is 42.5 Å². The molecule has 0 fully saturated rings. The third-order valence-electron chi connectivity index (χ3n) is 3.62. The van der Waals surface area contributed by atoms with Crippen molar-refractivity contribution in [1.29, 1.82) is 0 Å². The molecule has 3 heteroatoms. The van der Waals surface area contributed by atoms with E-state index in [1.54, 1.807) is 7.11 Å². The Hall–Kier alpha value is -2.00. The highest BCUT2D eigenvalue weighted by Crippen LogP contribution is 2.27. The molecular weight excluding hydrogens is 262 g/mol.